The molecule has 0 unspecified atom stereocenters. The second-order valence-corrected chi connectivity index (χ2v) is 5.34. The summed E-state index contributed by atoms with van der Waals surface area (Å²) in [5.74, 6) is 1.46. The van der Waals surface area contributed by atoms with Crippen molar-refractivity contribution in [2.24, 2.45) is 0 Å². The molecule has 1 aromatic carbocycles. The van der Waals surface area contributed by atoms with Crippen LogP contribution in [0.5, 0.6) is 0 Å². The second-order valence-electron chi connectivity index (χ2n) is 4.49. The van der Waals surface area contributed by atoms with Crippen LogP contribution in [-0.2, 0) is 0 Å². The van der Waals surface area contributed by atoms with Crippen molar-refractivity contribution in [1.29, 1.82) is 0 Å². The SMILES string of the molecule is Cc1c(F)cc(-c2ncc(C3CNC3)o2)cc1Br. The molecule has 0 aliphatic carbocycles. The summed E-state index contributed by atoms with van der Waals surface area (Å²) in [5.41, 5.74) is 1.25. The zero-order chi connectivity index (χ0) is 12.7. The fraction of sp³-hybridized carbons (Fsp3) is 0.308. The van der Waals surface area contributed by atoms with Crippen LogP contribution in [0.4, 0.5) is 4.39 Å². The molecule has 3 rings (SSSR count). The van der Waals surface area contributed by atoms with E-state index in [9.17, 15) is 4.39 Å². The van der Waals surface area contributed by atoms with Gasteiger partial charge in [-0.3, -0.25) is 0 Å². The van der Waals surface area contributed by atoms with Crippen molar-refractivity contribution < 1.29 is 8.81 Å². The van der Waals surface area contributed by atoms with E-state index < -0.39 is 0 Å². The largest absolute Gasteiger partial charge is 0.441 e. The number of nitrogens with one attached hydrogen (secondary N) is 1. The first-order valence-corrected chi connectivity index (χ1v) is 6.57. The van der Waals surface area contributed by atoms with Crippen LogP contribution in [0.25, 0.3) is 11.5 Å². The van der Waals surface area contributed by atoms with Gasteiger partial charge < -0.3 is 9.73 Å². The minimum absolute atomic E-state index is 0.260. The number of halogens is 2. The summed E-state index contributed by atoms with van der Waals surface area (Å²) in [6.07, 6.45) is 1.73. The molecule has 1 aromatic heterocycles. The lowest BCUT2D eigenvalue weighted by Crippen LogP contribution is -2.39. The number of benzene rings is 1. The molecular formula is C13H12BrFN2O. The van der Waals surface area contributed by atoms with Crippen molar-refractivity contribution in [2.45, 2.75) is 12.8 Å². The number of oxazole rings is 1. The Morgan fingerprint density at radius 1 is 1.44 bits per heavy atom. The third-order valence-electron chi connectivity index (χ3n) is 3.24. The standard InChI is InChI=1S/C13H12BrFN2O/c1-7-10(14)2-8(3-11(7)15)13-17-6-12(18-13)9-4-16-5-9/h2-3,6,9,16H,4-5H2,1H3. The van der Waals surface area contributed by atoms with E-state index in [1.807, 2.05) is 6.07 Å². The number of aromatic nitrogens is 1. The lowest BCUT2D eigenvalue weighted by Gasteiger charge is -2.24. The first-order chi connectivity index (χ1) is 8.65. The molecule has 0 atom stereocenters. The minimum Gasteiger partial charge on any atom is -0.441 e. The van der Waals surface area contributed by atoms with Gasteiger partial charge in [-0.15, -0.1) is 0 Å². The molecule has 18 heavy (non-hydrogen) atoms. The molecule has 94 valence electrons. The van der Waals surface area contributed by atoms with Crippen LogP contribution in [0.2, 0.25) is 0 Å². The smallest absolute Gasteiger partial charge is 0.226 e. The number of hydrogen-bond acceptors (Lipinski definition) is 3. The van der Waals surface area contributed by atoms with Crippen molar-refractivity contribution in [1.82, 2.24) is 10.3 Å². The lowest BCUT2D eigenvalue weighted by atomic mass is 10.0. The monoisotopic (exact) mass is 310 g/mol. The van der Waals surface area contributed by atoms with Gasteiger partial charge in [0, 0.05) is 29.0 Å². The third-order valence-corrected chi connectivity index (χ3v) is 4.06. The fourth-order valence-electron chi connectivity index (χ4n) is 1.87. The van der Waals surface area contributed by atoms with E-state index in [2.05, 4.69) is 26.2 Å². The predicted octanol–water partition coefficient (Wildman–Crippen LogP) is 3.24. The van der Waals surface area contributed by atoms with Crippen LogP contribution in [0.3, 0.4) is 0 Å². The maximum Gasteiger partial charge on any atom is 0.226 e. The van der Waals surface area contributed by atoms with Gasteiger partial charge in [0.25, 0.3) is 0 Å². The molecule has 5 heteroatoms. The highest BCUT2D eigenvalue weighted by molar-refractivity contribution is 9.10. The van der Waals surface area contributed by atoms with Crippen molar-refractivity contribution in [3.8, 4) is 11.5 Å². The number of nitrogens with zero attached hydrogens (tertiary/aromatic N) is 1. The van der Waals surface area contributed by atoms with Crippen molar-refractivity contribution in [2.75, 3.05) is 13.1 Å². The molecule has 2 aromatic rings. The van der Waals surface area contributed by atoms with E-state index in [-0.39, 0.29) is 5.82 Å². The van der Waals surface area contributed by atoms with E-state index in [4.69, 9.17) is 4.42 Å². The molecule has 1 aliphatic rings. The fourth-order valence-corrected chi connectivity index (χ4v) is 2.30. The van der Waals surface area contributed by atoms with E-state index in [0.29, 0.717) is 22.9 Å². The highest BCUT2D eigenvalue weighted by Crippen LogP contribution is 2.30. The zero-order valence-corrected chi connectivity index (χ0v) is 11.4. The van der Waals surface area contributed by atoms with Gasteiger partial charge in [-0.05, 0) is 24.6 Å². The first kappa shape index (κ1) is 11.9. The quantitative estimate of drug-likeness (QED) is 0.925. The highest BCUT2D eigenvalue weighted by Gasteiger charge is 2.23. The number of rotatable bonds is 2. The summed E-state index contributed by atoms with van der Waals surface area (Å²) >= 11 is 3.34. The maximum absolute atomic E-state index is 13.7. The van der Waals surface area contributed by atoms with E-state index in [1.54, 1.807) is 13.1 Å². The van der Waals surface area contributed by atoms with Crippen molar-refractivity contribution in [3.63, 3.8) is 0 Å². The van der Waals surface area contributed by atoms with Gasteiger partial charge in [0.15, 0.2) is 0 Å². The van der Waals surface area contributed by atoms with Crippen LogP contribution in [0, 0.1) is 12.7 Å². The molecular weight excluding hydrogens is 299 g/mol. The summed E-state index contributed by atoms with van der Waals surface area (Å²) in [6, 6.07) is 3.28. The Balaban J connectivity index is 1.96. The molecule has 2 heterocycles. The Morgan fingerprint density at radius 2 is 2.22 bits per heavy atom. The van der Waals surface area contributed by atoms with Gasteiger partial charge in [0.1, 0.15) is 11.6 Å². The number of hydrogen-bond donors (Lipinski definition) is 1. The first-order valence-electron chi connectivity index (χ1n) is 5.77. The third kappa shape index (κ3) is 1.97. The molecule has 1 saturated heterocycles. The molecule has 0 bridgehead atoms. The van der Waals surface area contributed by atoms with Gasteiger partial charge in [0.05, 0.1) is 6.20 Å². The van der Waals surface area contributed by atoms with Gasteiger partial charge in [-0.25, -0.2) is 9.37 Å². The van der Waals surface area contributed by atoms with E-state index in [1.165, 1.54) is 6.07 Å². The average molecular weight is 311 g/mol. The van der Waals surface area contributed by atoms with Crippen LogP contribution < -0.4 is 5.32 Å². The van der Waals surface area contributed by atoms with Crippen LogP contribution in [0.15, 0.2) is 27.2 Å². The Morgan fingerprint density at radius 3 is 2.83 bits per heavy atom. The molecule has 0 amide bonds. The molecule has 1 N–H and O–H groups in total. The topological polar surface area (TPSA) is 38.1 Å². The Kier molecular flexibility index (Phi) is 2.95. The van der Waals surface area contributed by atoms with Gasteiger partial charge in [-0.2, -0.15) is 0 Å². The Hall–Kier alpha value is -1.20. The van der Waals surface area contributed by atoms with Crippen molar-refractivity contribution in [3.05, 3.63) is 39.9 Å². The summed E-state index contributed by atoms with van der Waals surface area (Å²) in [7, 11) is 0. The van der Waals surface area contributed by atoms with Gasteiger partial charge in [-0.1, -0.05) is 15.9 Å². The molecule has 0 radical (unpaired) electrons. The Bertz CT molecular complexity index is 569. The summed E-state index contributed by atoms with van der Waals surface area (Å²) in [5, 5.41) is 3.18. The molecule has 1 aliphatic heterocycles. The Labute approximate surface area is 113 Å². The average Bonchev–Trinajstić information content (AvgIpc) is 2.72. The lowest BCUT2D eigenvalue weighted by molar-refractivity contribution is 0.373. The summed E-state index contributed by atoms with van der Waals surface area (Å²) in [4.78, 5) is 4.22. The zero-order valence-electron chi connectivity index (χ0n) is 9.84. The van der Waals surface area contributed by atoms with E-state index >= 15 is 0 Å². The van der Waals surface area contributed by atoms with Crippen LogP contribution in [-0.4, -0.2) is 18.1 Å². The molecule has 1 fully saturated rings. The highest BCUT2D eigenvalue weighted by atomic mass is 79.9. The maximum atomic E-state index is 13.7. The van der Waals surface area contributed by atoms with Crippen molar-refractivity contribution >= 4 is 15.9 Å². The van der Waals surface area contributed by atoms with Gasteiger partial charge in [0.2, 0.25) is 5.89 Å². The normalized spacial score (nSPS) is 15.7. The predicted molar refractivity (Wildman–Crippen MR) is 69.9 cm³/mol. The van der Waals surface area contributed by atoms with E-state index in [0.717, 1.165) is 23.3 Å². The minimum atomic E-state index is -0.260. The molecule has 0 saturated carbocycles. The molecule has 3 nitrogen and oxygen atoms in total. The molecule has 0 spiro atoms. The van der Waals surface area contributed by atoms with Crippen LogP contribution in [0.1, 0.15) is 17.2 Å². The second kappa shape index (κ2) is 4.48. The van der Waals surface area contributed by atoms with Gasteiger partial charge >= 0.3 is 0 Å². The summed E-state index contributed by atoms with van der Waals surface area (Å²) < 4.78 is 20.1. The van der Waals surface area contributed by atoms with Crippen LogP contribution >= 0.6 is 15.9 Å². The summed E-state index contributed by atoms with van der Waals surface area (Å²) in [6.45, 7) is 3.56.